The van der Waals surface area contributed by atoms with Crippen LogP contribution in [0.2, 0.25) is 0 Å². The first-order valence-electron chi connectivity index (χ1n) is 10.2. The summed E-state index contributed by atoms with van der Waals surface area (Å²) in [5.74, 6) is -1.35. The Kier molecular flexibility index (Phi) is 7.01. The number of rotatable bonds is 4. The van der Waals surface area contributed by atoms with Crippen molar-refractivity contribution in [3.05, 3.63) is 29.8 Å². The van der Waals surface area contributed by atoms with E-state index in [4.69, 9.17) is 0 Å². The van der Waals surface area contributed by atoms with Gasteiger partial charge in [0.15, 0.2) is 0 Å². The normalized spacial score (nSPS) is 23.9. The average molecular weight is 408 g/mol. The van der Waals surface area contributed by atoms with Gasteiger partial charge in [0.25, 0.3) is 0 Å². The number of halogens is 3. The second kappa shape index (κ2) is 9.49. The van der Waals surface area contributed by atoms with Gasteiger partial charge >= 0.3 is 6.18 Å². The fraction of sp³-hybridized carbons (Fsp3) is 0.619. The molecule has 1 aliphatic carbocycles. The second-order valence-electron chi connectivity index (χ2n) is 7.90. The van der Waals surface area contributed by atoms with Crippen LogP contribution in [0.1, 0.15) is 37.7 Å². The Balaban J connectivity index is 1.46. The molecule has 1 saturated heterocycles. The van der Waals surface area contributed by atoms with Crippen LogP contribution >= 0.6 is 0 Å². The largest absolute Gasteiger partial charge is 0.391 e. The van der Waals surface area contributed by atoms with E-state index in [9.17, 15) is 23.2 Å². The zero-order valence-corrected chi connectivity index (χ0v) is 16.4. The van der Waals surface area contributed by atoms with Crippen LogP contribution < -0.4 is 10.2 Å². The summed E-state index contributed by atoms with van der Waals surface area (Å²) in [5.41, 5.74) is 1.57. The maximum Gasteiger partial charge on any atom is 0.391 e. The van der Waals surface area contributed by atoms with Crippen LogP contribution in [-0.4, -0.2) is 55.7 Å². The van der Waals surface area contributed by atoms with Gasteiger partial charge in [-0.15, -0.1) is 0 Å². The van der Waals surface area contributed by atoms with Crippen LogP contribution in [0.5, 0.6) is 0 Å². The Bertz CT molecular complexity index is 738. The third-order valence-electron chi connectivity index (χ3n) is 5.88. The number of nitrogens with one attached hydrogen (secondary N) is 1. The molecule has 1 heterocycles. The monoisotopic (exact) mass is 408 g/mol. The van der Waals surface area contributed by atoms with Crippen LogP contribution in [0, 0.1) is 17.2 Å². The van der Waals surface area contributed by atoms with Crippen LogP contribution in [-0.2, 0) is 4.79 Å². The van der Waals surface area contributed by atoms with Gasteiger partial charge in [0.05, 0.1) is 23.7 Å². The number of hydrogen-bond donors (Lipinski definition) is 1. The van der Waals surface area contributed by atoms with Crippen molar-refractivity contribution < 1.29 is 18.0 Å². The highest BCUT2D eigenvalue weighted by Gasteiger charge is 2.41. The van der Waals surface area contributed by atoms with Crippen LogP contribution in [0.15, 0.2) is 24.3 Å². The van der Waals surface area contributed by atoms with E-state index >= 15 is 0 Å². The van der Waals surface area contributed by atoms with E-state index in [2.05, 4.69) is 21.2 Å². The molecule has 0 spiro atoms. The van der Waals surface area contributed by atoms with Crippen LogP contribution in [0.3, 0.4) is 0 Å². The number of anilines is 1. The number of benzene rings is 1. The van der Waals surface area contributed by atoms with Crippen molar-refractivity contribution >= 4 is 11.6 Å². The summed E-state index contributed by atoms with van der Waals surface area (Å²) in [6.45, 7) is 3.28. The topological polar surface area (TPSA) is 59.4 Å². The number of hydrogen-bond acceptors (Lipinski definition) is 4. The summed E-state index contributed by atoms with van der Waals surface area (Å²) in [7, 11) is 0. The molecule has 3 rings (SSSR count). The summed E-state index contributed by atoms with van der Waals surface area (Å²) >= 11 is 0. The molecular formula is C21H27F3N4O. The van der Waals surface area contributed by atoms with Crippen molar-refractivity contribution in [2.75, 3.05) is 37.6 Å². The molecule has 29 heavy (non-hydrogen) atoms. The lowest BCUT2D eigenvalue weighted by molar-refractivity contribution is -0.182. The molecule has 0 aromatic heterocycles. The number of para-hydroxylation sites is 1. The van der Waals surface area contributed by atoms with Gasteiger partial charge in [-0.1, -0.05) is 12.1 Å². The minimum atomic E-state index is -4.13. The van der Waals surface area contributed by atoms with Gasteiger partial charge in [0.2, 0.25) is 5.91 Å². The Morgan fingerprint density at radius 1 is 1.10 bits per heavy atom. The highest BCUT2D eigenvalue weighted by Crippen LogP contribution is 2.37. The Morgan fingerprint density at radius 3 is 2.52 bits per heavy atom. The van der Waals surface area contributed by atoms with E-state index in [1.165, 1.54) is 0 Å². The molecule has 5 nitrogen and oxygen atoms in total. The minimum Gasteiger partial charge on any atom is -0.369 e. The highest BCUT2D eigenvalue weighted by atomic mass is 19.4. The molecule has 2 fully saturated rings. The summed E-state index contributed by atoms with van der Waals surface area (Å²) in [6.07, 6.45) is -2.30. The summed E-state index contributed by atoms with van der Waals surface area (Å²) < 4.78 is 38.3. The molecule has 158 valence electrons. The van der Waals surface area contributed by atoms with E-state index in [0.717, 1.165) is 31.7 Å². The molecule has 1 amide bonds. The van der Waals surface area contributed by atoms with E-state index in [1.54, 1.807) is 6.07 Å². The third-order valence-corrected chi connectivity index (χ3v) is 5.88. The first-order valence-corrected chi connectivity index (χ1v) is 10.2. The number of amides is 1. The lowest BCUT2D eigenvalue weighted by Crippen LogP contribution is -2.45. The molecule has 0 bridgehead atoms. The Hall–Kier alpha value is -2.27. The maximum atomic E-state index is 12.8. The number of nitriles is 1. The van der Waals surface area contributed by atoms with Gasteiger partial charge in [0, 0.05) is 32.2 Å². The zero-order valence-electron chi connectivity index (χ0n) is 16.4. The van der Waals surface area contributed by atoms with Crippen molar-refractivity contribution in [1.82, 2.24) is 10.2 Å². The summed E-state index contributed by atoms with van der Waals surface area (Å²) in [6, 6.07) is 9.57. The van der Waals surface area contributed by atoms with Gasteiger partial charge in [0.1, 0.15) is 6.07 Å². The van der Waals surface area contributed by atoms with E-state index < -0.39 is 12.1 Å². The smallest absolute Gasteiger partial charge is 0.369 e. The SMILES string of the molecule is N#Cc1ccccc1N1CCCN(CC(=O)NC2CCC(C(F)(F)F)CC2)CC1. The molecule has 2 aliphatic rings. The molecule has 1 N–H and O–H groups in total. The molecule has 0 atom stereocenters. The second-order valence-corrected chi connectivity index (χ2v) is 7.90. The van der Waals surface area contributed by atoms with Crippen LogP contribution in [0.25, 0.3) is 0 Å². The van der Waals surface area contributed by atoms with Crippen molar-refractivity contribution in [3.8, 4) is 6.07 Å². The first kappa shape index (κ1) is 21.4. The van der Waals surface area contributed by atoms with Gasteiger partial charge in [-0.3, -0.25) is 9.69 Å². The number of carbonyl (C=O) groups is 1. The van der Waals surface area contributed by atoms with Crippen molar-refractivity contribution in [3.63, 3.8) is 0 Å². The number of nitrogens with zero attached hydrogens (tertiary/aromatic N) is 3. The van der Waals surface area contributed by atoms with Gasteiger partial charge in [-0.2, -0.15) is 18.4 Å². The summed E-state index contributed by atoms with van der Waals surface area (Å²) in [5, 5.41) is 12.2. The Morgan fingerprint density at radius 2 is 1.83 bits per heavy atom. The van der Waals surface area contributed by atoms with Crippen molar-refractivity contribution in [1.29, 1.82) is 5.26 Å². The molecule has 8 heteroatoms. The fourth-order valence-electron chi connectivity index (χ4n) is 4.26. The average Bonchev–Trinajstić information content (AvgIpc) is 2.93. The minimum absolute atomic E-state index is 0.0887. The van der Waals surface area contributed by atoms with Crippen molar-refractivity contribution in [2.24, 2.45) is 5.92 Å². The van der Waals surface area contributed by atoms with Gasteiger partial charge < -0.3 is 10.2 Å². The quantitative estimate of drug-likeness (QED) is 0.831. The predicted molar refractivity (Wildman–Crippen MR) is 104 cm³/mol. The molecule has 1 aliphatic heterocycles. The fourth-order valence-corrected chi connectivity index (χ4v) is 4.26. The molecule has 1 aromatic rings. The molecule has 1 saturated carbocycles. The summed E-state index contributed by atoms with van der Waals surface area (Å²) in [4.78, 5) is 16.6. The van der Waals surface area contributed by atoms with E-state index in [-0.39, 0.29) is 31.3 Å². The lowest BCUT2D eigenvalue weighted by atomic mass is 9.85. The number of carbonyl (C=O) groups excluding carboxylic acids is 1. The zero-order chi connectivity index (χ0) is 20.9. The van der Waals surface area contributed by atoms with Gasteiger partial charge in [-0.05, 0) is 44.2 Å². The standard InChI is InChI=1S/C21H27F3N4O/c22-21(23,24)17-6-8-18(9-7-17)26-20(29)15-27-10-3-11-28(13-12-27)19-5-2-1-4-16(19)14-25/h1-2,4-5,17-18H,3,6-13,15H2,(H,26,29). The predicted octanol–water partition coefficient (Wildman–Crippen LogP) is 3.31. The van der Waals surface area contributed by atoms with Gasteiger partial charge in [-0.25, -0.2) is 0 Å². The van der Waals surface area contributed by atoms with Crippen molar-refractivity contribution in [2.45, 2.75) is 44.3 Å². The number of alkyl halides is 3. The third kappa shape index (κ3) is 5.86. The molecule has 1 aromatic carbocycles. The first-order chi connectivity index (χ1) is 13.9. The molecule has 0 unspecified atom stereocenters. The van der Waals surface area contributed by atoms with E-state index in [1.807, 2.05) is 18.2 Å². The maximum absolute atomic E-state index is 12.8. The molecular weight excluding hydrogens is 381 g/mol. The Labute approximate surface area is 169 Å². The van der Waals surface area contributed by atoms with Crippen LogP contribution in [0.4, 0.5) is 18.9 Å². The lowest BCUT2D eigenvalue weighted by Gasteiger charge is -2.31. The highest BCUT2D eigenvalue weighted by molar-refractivity contribution is 5.78. The van der Waals surface area contributed by atoms with E-state index in [0.29, 0.717) is 24.9 Å². The molecule has 0 radical (unpaired) electrons.